The highest BCUT2D eigenvalue weighted by Gasteiger charge is 2.24. The highest BCUT2D eigenvalue weighted by Crippen LogP contribution is 2.39. The molecular formula is C16H12BrClN2O2S. The number of pyridine rings is 1. The van der Waals surface area contributed by atoms with Gasteiger partial charge >= 0.3 is 0 Å². The van der Waals surface area contributed by atoms with Crippen LogP contribution in [0.2, 0.25) is 5.02 Å². The summed E-state index contributed by atoms with van der Waals surface area (Å²) in [5.41, 5.74) is 2.50. The van der Waals surface area contributed by atoms with Crippen molar-refractivity contribution in [2.75, 3.05) is 12.0 Å². The van der Waals surface area contributed by atoms with Gasteiger partial charge in [-0.25, -0.2) is 0 Å². The Bertz CT molecular complexity index is 881. The van der Waals surface area contributed by atoms with Crippen molar-refractivity contribution in [2.24, 2.45) is 0 Å². The number of H-pyrrole nitrogens is 1. The zero-order valence-electron chi connectivity index (χ0n) is 12.1. The van der Waals surface area contributed by atoms with E-state index in [0.29, 0.717) is 26.4 Å². The summed E-state index contributed by atoms with van der Waals surface area (Å²) in [7, 11) is 0. The minimum atomic E-state index is -1.22. The highest BCUT2D eigenvalue weighted by molar-refractivity contribution is 9.10. The van der Waals surface area contributed by atoms with E-state index in [1.807, 2.05) is 24.3 Å². The van der Waals surface area contributed by atoms with Gasteiger partial charge in [-0.15, -0.1) is 0 Å². The number of halogens is 2. The number of nitrogens with one attached hydrogen (secondary N) is 1. The second kappa shape index (κ2) is 6.65. The molecule has 118 valence electrons. The number of aromatic nitrogens is 2. The van der Waals surface area contributed by atoms with Gasteiger partial charge in [0.25, 0.3) is 0 Å². The maximum atomic E-state index is 12.5. The Morgan fingerprint density at radius 1 is 1.39 bits per heavy atom. The molecule has 1 atom stereocenters. The Hall–Kier alpha value is -1.34. The monoisotopic (exact) mass is 410 g/mol. The number of carbonyl (C=O) groups is 1. The molecule has 0 spiro atoms. The third-order valence-electron chi connectivity index (χ3n) is 3.39. The number of rotatable bonds is 4. The number of Topliss-reactive ketones (excluding diaryl/α,β-unsaturated/α-hetero) is 1. The van der Waals surface area contributed by atoms with E-state index in [9.17, 15) is 9.35 Å². The van der Waals surface area contributed by atoms with Gasteiger partial charge < -0.3 is 9.54 Å². The van der Waals surface area contributed by atoms with Gasteiger partial charge in [0, 0.05) is 27.1 Å². The zero-order chi connectivity index (χ0) is 16.6. The molecule has 0 aliphatic carbocycles. The molecule has 7 heteroatoms. The highest BCUT2D eigenvalue weighted by atomic mass is 79.9. The standard InChI is InChI=1S/C16H12BrClN2O2S/c1-23(22)8-12(21)16-14(10-4-2-3-7-19-10)13-11(20-16)6-5-9(18)15(13)17/h2-7,20H,8H2,1H3. The van der Waals surface area contributed by atoms with E-state index < -0.39 is 11.2 Å². The number of hydrogen-bond donors (Lipinski definition) is 1. The second-order valence-corrected chi connectivity index (χ2v) is 7.65. The lowest BCUT2D eigenvalue weighted by Crippen LogP contribution is -2.15. The maximum Gasteiger partial charge on any atom is 0.228 e. The first-order chi connectivity index (χ1) is 11.0. The molecular weight excluding hydrogens is 400 g/mol. The largest absolute Gasteiger partial charge is 0.616 e. The van der Waals surface area contributed by atoms with Gasteiger partial charge in [-0.3, -0.25) is 9.78 Å². The topological polar surface area (TPSA) is 68.8 Å². The predicted octanol–water partition coefficient (Wildman–Crippen LogP) is 4.21. The van der Waals surface area contributed by atoms with Crippen LogP contribution in [0.5, 0.6) is 0 Å². The fourth-order valence-corrected chi connectivity index (χ4v) is 3.67. The molecule has 1 unspecified atom stereocenters. The Kier molecular flexibility index (Phi) is 4.77. The van der Waals surface area contributed by atoms with Gasteiger partial charge in [0.1, 0.15) is 0 Å². The van der Waals surface area contributed by atoms with Gasteiger partial charge in [0.15, 0.2) is 5.75 Å². The first kappa shape index (κ1) is 16.5. The molecule has 0 amide bonds. The lowest BCUT2D eigenvalue weighted by atomic mass is 10.0. The zero-order valence-corrected chi connectivity index (χ0v) is 15.3. The Balaban J connectivity index is 2.32. The quantitative estimate of drug-likeness (QED) is 0.516. The Morgan fingerprint density at radius 2 is 2.17 bits per heavy atom. The van der Waals surface area contributed by atoms with Crippen molar-refractivity contribution in [3.05, 3.63) is 51.7 Å². The third kappa shape index (κ3) is 3.17. The molecule has 23 heavy (non-hydrogen) atoms. The second-order valence-electron chi connectivity index (χ2n) is 5.01. The molecule has 0 saturated carbocycles. The van der Waals surface area contributed by atoms with E-state index in [1.54, 1.807) is 12.3 Å². The number of hydrogen-bond acceptors (Lipinski definition) is 3. The summed E-state index contributed by atoms with van der Waals surface area (Å²) in [6.07, 6.45) is 3.17. The van der Waals surface area contributed by atoms with Crippen LogP contribution in [0.15, 0.2) is 41.0 Å². The van der Waals surface area contributed by atoms with Crippen molar-refractivity contribution in [3.8, 4) is 11.3 Å². The summed E-state index contributed by atoms with van der Waals surface area (Å²) in [5.74, 6) is -0.261. The molecule has 0 aliphatic heterocycles. The van der Waals surface area contributed by atoms with Crippen LogP contribution in [0.3, 0.4) is 0 Å². The first-order valence-corrected chi connectivity index (χ1v) is 9.63. The van der Waals surface area contributed by atoms with E-state index in [0.717, 1.165) is 10.9 Å². The number of ketones is 1. The predicted molar refractivity (Wildman–Crippen MR) is 97.5 cm³/mol. The average Bonchev–Trinajstić information content (AvgIpc) is 2.91. The van der Waals surface area contributed by atoms with Crippen LogP contribution >= 0.6 is 27.5 Å². The summed E-state index contributed by atoms with van der Waals surface area (Å²) in [5, 5.41) is 1.34. The fourth-order valence-electron chi connectivity index (χ4n) is 2.45. The van der Waals surface area contributed by atoms with Crippen molar-refractivity contribution in [2.45, 2.75) is 0 Å². The van der Waals surface area contributed by atoms with E-state index in [4.69, 9.17) is 11.6 Å². The van der Waals surface area contributed by atoms with Crippen LogP contribution in [0.25, 0.3) is 22.2 Å². The van der Waals surface area contributed by atoms with Gasteiger partial charge in [-0.1, -0.05) is 17.7 Å². The number of aromatic amines is 1. The minimum absolute atomic E-state index is 0.0436. The molecule has 0 bridgehead atoms. The maximum absolute atomic E-state index is 12.5. The third-order valence-corrected chi connectivity index (χ3v) is 5.42. The lowest BCUT2D eigenvalue weighted by Gasteiger charge is -2.06. The van der Waals surface area contributed by atoms with Crippen molar-refractivity contribution in [1.29, 1.82) is 0 Å². The lowest BCUT2D eigenvalue weighted by molar-refractivity contribution is 0.101. The number of carbonyl (C=O) groups excluding carboxylic acids is 1. The molecule has 3 rings (SSSR count). The molecule has 2 heterocycles. The van der Waals surface area contributed by atoms with Crippen molar-refractivity contribution < 1.29 is 9.35 Å². The van der Waals surface area contributed by atoms with Gasteiger partial charge in [0.05, 0.1) is 22.7 Å². The molecule has 2 aromatic heterocycles. The normalized spacial score (nSPS) is 12.5. The Labute approximate surface area is 149 Å². The van der Waals surface area contributed by atoms with E-state index in [-0.39, 0.29) is 11.5 Å². The molecule has 0 fully saturated rings. The van der Waals surface area contributed by atoms with E-state index in [1.165, 1.54) is 6.26 Å². The molecule has 0 aliphatic rings. The number of benzene rings is 1. The van der Waals surface area contributed by atoms with Gasteiger partial charge in [-0.05, 0) is 51.4 Å². The number of nitrogens with zero attached hydrogens (tertiary/aromatic N) is 1. The van der Waals surface area contributed by atoms with Gasteiger partial charge in [0.2, 0.25) is 5.78 Å². The molecule has 0 radical (unpaired) electrons. The van der Waals surface area contributed by atoms with Crippen LogP contribution in [0, 0.1) is 0 Å². The van der Waals surface area contributed by atoms with Crippen LogP contribution in [0.4, 0.5) is 0 Å². The summed E-state index contributed by atoms with van der Waals surface area (Å²) in [6.45, 7) is 0. The van der Waals surface area contributed by atoms with E-state index in [2.05, 4.69) is 25.9 Å². The van der Waals surface area contributed by atoms with Crippen molar-refractivity contribution >= 4 is 55.4 Å². The molecule has 0 saturated heterocycles. The minimum Gasteiger partial charge on any atom is -0.616 e. The molecule has 1 aromatic carbocycles. The molecule has 3 aromatic rings. The molecule has 4 nitrogen and oxygen atoms in total. The molecule has 1 N–H and O–H groups in total. The van der Waals surface area contributed by atoms with E-state index >= 15 is 0 Å². The van der Waals surface area contributed by atoms with Crippen molar-refractivity contribution in [3.63, 3.8) is 0 Å². The van der Waals surface area contributed by atoms with Crippen LogP contribution < -0.4 is 0 Å². The van der Waals surface area contributed by atoms with Crippen LogP contribution in [-0.4, -0.2) is 32.3 Å². The SMILES string of the molecule is C[S+]([O-])CC(=O)c1[nH]c2ccc(Cl)c(Br)c2c1-c1ccccn1. The fraction of sp³-hybridized carbons (Fsp3) is 0.125. The average molecular weight is 412 g/mol. The summed E-state index contributed by atoms with van der Waals surface area (Å²) >= 11 is 8.48. The smallest absolute Gasteiger partial charge is 0.228 e. The summed E-state index contributed by atoms with van der Waals surface area (Å²) < 4.78 is 12.1. The number of fused-ring (bicyclic) bond motifs is 1. The van der Waals surface area contributed by atoms with Crippen LogP contribution in [-0.2, 0) is 11.2 Å². The van der Waals surface area contributed by atoms with Crippen LogP contribution in [0.1, 0.15) is 10.5 Å². The van der Waals surface area contributed by atoms with Gasteiger partial charge in [-0.2, -0.15) is 0 Å². The van der Waals surface area contributed by atoms with Crippen molar-refractivity contribution in [1.82, 2.24) is 9.97 Å². The summed E-state index contributed by atoms with van der Waals surface area (Å²) in [4.78, 5) is 20.0. The Morgan fingerprint density at radius 3 is 2.83 bits per heavy atom. The first-order valence-electron chi connectivity index (χ1n) is 6.73. The summed E-state index contributed by atoms with van der Waals surface area (Å²) in [6, 6.07) is 9.05.